The Bertz CT molecular complexity index is 699. The summed E-state index contributed by atoms with van der Waals surface area (Å²) in [6.45, 7) is 2.59. The number of halogens is 2. The number of nitrogens with zero attached hydrogens (tertiary/aromatic N) is 2. The summed E-state index contributed by atoms with van der Waals surface area (Å²) in [5, 5.41) is 1.25. The Labute approximate surface area is 132 Å². The monoisotopic (exact) mass is 325 g/mol. The van der Waals surface area contributed by atoms with Crippen LogP contribution in [0.2, 0.25) is 10.0 Å². The van der Waals surface area contributed by atoms with Gasteiger partial charge < -0.3 is 4.98 Å². The van der Waals surface area contributed by atoms with Gasteiger partial charge in [-0.1, -0.05) is 35.3 Å². The highest BCUT2D eigenvalue weighted by Gasteiger charge is 2.18. The smallest absolute Gasteiger partial charge is 0.196 e. The van der Waals surface area contributed by atoms with Crippen molar-refractivity contribution in [3.63, 3.8) is 0 Å². The molecule has 1 N–H and O–H groups in total. The zero-order valence-electron chi connectivity index (χ0n) is 10.7. The van der Waals surface area contributed by atoms with Gasteiger partial charge in [-0.25, -0.2) is 4.98 Å². The van der Waals surface area contributed by atoms with Gasteiger partial charge in [0.1, 0.15) is 0 Å². The second kappa shape index (κ2) is 5.82. The van der Waals surface area contributed by atoms with Crippen LogP contribution in [0.3, 0.4) is 0 Å². The predicted octanol–water partition coefficient (Wildman–Crippen LogP) is 4.00. The molecule has 0 fully saturated rings. The molecule has 1 aliphatic rings. The third-order valence-corrected chi connectivity index (χ3v) is 4.55. The second-order valence-electron chi connectivity index (χ2n) is 4.87. The van der Waals surface area contributed by atoms with Crippen molar-refractivity contribution in [1.29, 1.82) is 0 Å². The average molecular weight is 326 g/mol. The summed E-state index contributed by atoms with van der Waals surface area (Å²) in [7, 11) is 0. The van der Waals surface area contributed by atoms with E-state index in [-0.39, 0.29) is 0 Å². The largest absolute Gasteiger partial charge is 0.334 e. The van der Waals surface area contributed by atoms with E-state index in [1.807, 2.05) is 24.4 Å². The molecule has 1 aromatic heterocycles. The molecule has 104 valence electrons. The highest BCUT2D eigenvalue weighted by Crippen LogP contribution is 2.27. The zero-order valence-corrected chi connectivity index (χ0v) is 13.0. The van der Waals surface area contributed by atoms with E-state index < -0.39 is 0 Å². The molecule has 1 aromatic carbocycles. The Morgan fingerprint density at radius 1 is 1.35 bits per heavy atom. The first-order valence-corrected chi connectivity index (χ1v) is 7.52. The number of nitrogens with one attached hydrogen (secondary N) is 1. The first-order chi connectivity index (χ1) is 9.63. The van der Waals surface area contributed by atoms with Crippen LogP contribution in [-0.2, 0) is 19.5 Å². The summed E-state index contributed by atoms with van der Waals surface area (Å²) in [6.07, 6.45) is 2.81. The van der Waals surface area contributed by atoms with Gasteiger partial charge in [0.25, 0.3) is 0 Å². The molecule has 20 heavy (non-hydrogen) atoms. The van der Waals surface area contributed by atoms with Gasteiger partial charge in [0.05, 0.1) is 10.0 Å². The Morgan fingerprint density at radius 3 is 3.05 bits per heavy atom. The number of benzene rings is 1. The van der Waals surface area contributed by atoms with E-state index in [0.29, 0.717) is 14.8 Å². The van der Waals surface area contributed by atoms with Crippen LogP contribution in [0, 0.1) is 4.77 Å². The fourth-order valence-corrected chi connectivity index (χ4v) is 3.01. The van der Waals surface area contributed by atoms with E-state index in [2.05, 4.69) is 14.9 Å². The van der Waals surface area contributed by atoms with Crippen LogP contribution in [-0.4, -0.2) is 21.4 Å². The number of hydrogen-bond donors (Lipinski definition) is 1. The quantitative estimate of drug-likeness (QED) is 0.847. The van der Waals surface area contributed by atoms with E-state index in [0.717, 1.165) is 31.6 Å². The topological polar surface area (TPSA) is 31.9 Å². The van der Waals surface area contributed by atoms with E-state index in [1.165, 1.54) is 11.3 Å². The van der Waals surface area contributed by atoms with Crippen molar-refractivity contribution in [3.05, 3.63) is 56.0 Å². The molecule has 2 heterocycles. The van der Waals surface area contributed by atoms with E-state index in [4.69, 9.17) is 35.4 Å². The van der Waals surface area contributed by atoms with Gasteiger partial charge in [-0.05, 0) is 23.8 Å². The summed E-state index contributed by atoms with van der Waals surface area (Å²) in [6, 6.07) is 5.75. The van der Waals surface area contributed by atoms with Crippen LogP contribution in [0.5, 0.6) is 0 Å². The van der Waals surface area contributed by atoms with E-state index in [1.54, 1.807) is 0 Å². The van der Waals surface area contributed by atoms with Crippen molar-refractivity contribution >= 4 is 35.4 Å². The molecule has 0 aliphatic carbocycles. The lowest BCUT2D eigenvalue weighted by Crippen LogP contribution is -2.31. The highest BCUT2D eigenvalue weighted by atomic mass is 35.5. The zero-order chi connectivity index (χ0) is 14.1. The van der Waals surface area contributed by atoms with Crippen molar-refractivity contribution < 1.29 is 0 Å². The van der Waals surface area contributed by atoms with Crippen molar-refractivity contribution in [2.24, 2.45) is 0 Å². The van der Waals surface area contributed by atoms with Crippen LogP contribution < -0.4 is 0 Å². The number of aromatic amines is 1. The number of rotatable bonds is 2. The number of H-pyrrole nitrogens is 1. The van der Waals surface area contributed by atoms with Crippen LogP contribution in [0.4, 0.5) is 0 Å². The van der Waals surface area contributed by atoms with Gasteiger partial charge >= 0.3 is 0 Å². The molecule has 3 nitrogen and oxygen atoms in total. The molecule has 0 saturated heterocycles. The summed E-state index contributed by atoms with van der Waals surface area (Å²) in [5.74, 6) is 0. The molecule has 0 saturated carbocycles. The lowest BCUT2D eigenvalue weighted by atomic mass is 10.1. The first kappa shape index (κ1) is 14.0. The third-order valence-electron chi connectivity index (χ3n) is 3.48. The molecule has 6 heteroatoms. The van der Waals surface area contributed by atoms with Crippen LogP contribution >= 0.6 is 35.4 Å². The highest BCUT2D eigenvalue weighted by molar-refractivity contribution is 7.71. The van der Waals surface area contributed by atoms with Gasteiger partial charge in [-0.15, -0.1) is 0 Å². The summed E-state index contributed by atoms with van der Waals surface area (Å²) < 4.78 is 0.551. The number of fused-ring (bicyclic) bond motifs is 1. The van der Waals surface area contributed by atoms with Crippen molar-refractivity contribution in [2.75, 3.05) is 6.54 Å². The molecule has 0 bridgehead atoms. The summed E-state index contributed by atoms with van der Waals surface area (Å²) in [5.41, 5.74) is 3.45. The van der Waals surface area contributed by atoms with Crippen molar-refractivity contribution in [2.45, 2.75) is 19.5 Å². The average Bonchev–Trinajstić information content (AvgIpc) is 2.44. The lowest BCUT2D eigenvalue weighted by molar-refractivity contribution is 0.243. The third kappa shape index (κ3) is 2.88. The summed E-state index contributed by atoms with van der Waals surface area (Å²) in [4.78, 5) is 9.65. The molecule has 2 aromatic rings. The van der Waals surface area contributed by atoms with Gasteiger partial charge in [0.15, 0.2) is 4.77 Å². The Kier molecular flexibility index (Phi) is 4.08. The first-order valence-electron chi connectivity index (χ1n) is 6.36. The second-order valence-corrected chi connectivity index (χ2v) is 6.04. The van der Waals surface area contributed by atoms with Gasteiger partial charge in [-0.3, -0.25) is 4.90 Å². The molecule has 0 unspecified atom stereocenters. The molecule has 0 spiro atoms. The Hall–Kier alpha value is -0.940. The van der Waals surface area contributed by atoms with Crippen molar-refractivity contribution in [1.82, 2.24) is 14.9 Å². The van der Waals surface area contributed by atoms with Crippen LogP contribution in [0.25, 0.3) is 0 Å². The number of aromatic nitrogens is 2. The van der Waals surface area contributed by atoms with E-state index >= 15 is 0 Å². The Balaban J connectivity index is 1.79. The normalized spacial score (nSPS) is 15.1. The summed E-state index contributed by atoms with van der Waals surface area (Å²) >= 11 is 17.3. The maximum Gasteiger partial charge on any atom is 0.196 e. The van der Waals surface area contributed by atoms with Gasteiger partial charge in [-0.2, -0.15) is 0 Å². The minimum atomic E-state index is 0.551. The Morgan fingerprint density at radius 2 is 2.20 bits per heavy atom. The molecule has 1 aliphatic heterocycles. The van der Waals surface area contributed by atoms with Gasteiger partial charge in [0, 0.05) is 43.5 Å². The molecular formula is C14H13Cl2N3S. The van der Waals surface area contributed by atoms with E-state index in [9.17, 15) is 0 Å². The van der Waals surface area contributed by atoms with Crippen LogP contribution in [0.15, 0.2) is 24.4 Å². The predicted molar refractivity (Wildman–Crippen MR) is 83.7 cm³/mol. The molecule has 0 atom stereocenters. The molecule has 3 rings (SSSR count). The molecule has 0 amide bonds. The fourth-order valence-electron chi connectivity index (χ4n) is 2.45. The maximum absolute atomic E-state index is 6.24. The minimum Gasteiger partial charge on any atom is -0.334 e. The fraction of sp³-hybridized carbons (Fsp3) is 0.286. The standard InChI is InChI=1S/C14H13Cl2N3S/c15-11-3-1-2-9(13(11)16)7-19-5-4-12-10(8-19)6-17-14(20)18-12/h1-3,6H,4-5,7-8H2,(H,17,18,20). The lowest BCUT2D eigenvalue weighted by Gasteiger charge is -2.28. The number of hydrogen-bond acceptors (Lipinski definition) is 3. The molecule has 0 radical (unpaired) electrons. The SMILES string of the molecule is S=c1ncc2c([nH]1)CCN(Cc1cccc(Cl)c1Cl)C2. The van der Waals surface area contributed by atoms with Crippen molar-refractivity contribution in [3.8, 4) is 0 Å². The van der Waals surface area contributed by atoms with Gasteiger partial charge in [0.2, 0.25) is 0 Å². The minimum absolute atomic E-state index is 0.551. The molecular weight excluding hydrogens is 313 g/mol. The van der Waals surface area contributed by atoms with Crippen LogP contribution in [0.1, 0.15) is 16.8 Å². The maximum atomic E-state index is 6.24.